The molecular formula is C17H16ClN3O5S. The van der Waals surface area contributed by atoms with Gasteiger partial charge in [0.2, 0.25) is 6.79 Å². The van der Waals surface area contributed by atoms with Crippen LogP contribution in [0, 0.1) is 0 Å². The molecule has 0 saturated heterocycles. The van der Waals surface area contributed by atoms with Gasteiger partial charge in [-0.2, -0.15) is 8.42 Å². The number of rotatable bonds is 3. The second-order valence-electron chi connectivity index (χ2n) is 5.66. The molecule has 4 rings (SSSR count). The minimum Gasteiger partial charge on any atom is -0.454 e. The Kier molecular flexibility index (Phi) is 5.64. The van der Waals surface area contributed by atoms with Crippen LogP contribution in [0.15, 0.2) is 42.7 Å². The van der Waals surface area contributed by atoms with Crippen molar-refractivity contribution in [3.8, 4) is 11.5 Å². The molecule has 2 aromatic carbocycles. The highest BCUT2D eigenvalue weighted by Crippen LogP contribution is 2.32. The van der Waals surface area contributed by atoms with Gasteiger partial charge in [-0.25, -0.2) is 9.97 Å². The van der Waals surface area contributed by atoms with Gasteiger partial charge in [0.1, 0.15) is 12.1 Å². The number of halogens is 1. The fourth-order valence-electron chi connectivity index (χ4n) is 2.41. The van der Waals surface area contributed by atoms with Crippen LogP contribution in [-0.2, 0) is 16.7 Å². The third-order valence-corrected chi connectivity index (χ3v) is 3.73. The number of anilines is 1. The van der Waals surface area contributed by atoms with Crippen LogP contribution in [0.1, 0.15) is 5.56 Å². The first kappa shape index (κ1) is 19.2. The molecule has 0 radical (unpaired) electrons. The van der Waals surface area contributed by atoms with Crippen LogP contribution >= 0.6 is 11.6 Å². The zero-order valence-corrected chi connectivity index (χ0v) is 15.8. The largest absolute Gasteiger partial charge is 0.454 e. The van der Waals surface area contributed by atoms with Crippen molar-refractivity contribution in [1.82, 2.24) is 9.97 Å². The number of hydrogen-bond acceptors (Lipinski definition) is 7. The first-order chi connectivity index (χ1) is 12.8. The maximum absolute atomic E-state index is 9.19. The molecule has 0 fully saturated rings. The van der Waals surface area contributed by atoms with E-state index in [1.54, 1.807) is 0 Å². The Hall–Kier alpha value is -2.62. The summed E-state index contributed by atoms with van der Waals surface area (Å²) in [6.07, 6.45) is 2.26. The highest BCUT2D eigenvalue weighted by molar-refractivity contribution is 7.85. The van der Waals surface area contributed by atoms with Gasteiger partial charge in [-0.1, -0.05) is 17.7 Å². The van der Waals surface area contributed by atoms with Crippen LogP contribution in [-0.4, -0.2) is 36.0 Å². The van der Waals surface area contributed by atoms with Gasteiger partial charge in [0.25, 0.3) is 10.1 Å². The van der Waals surface area contributed by atoms with Gasteiger partial charge in [0.15, 0.2) is 11.5 Å². The Morgan fingerprint density at radius 1 is 1.15 bits per heavy atom. The quantitative estimate of drug-likeness (QED) is 0.635. The van der Waals surface area contributed by atoms with Gasteiger partial charge in [0.05, 0.1) is 11.8 Å². The lowest BCUT2D eigenvalue weighted by Gasteiger charge is -2.09. The molecule has 2 heterocycles. The summed E-state index contributed by atoms with van der Waals surface area (Å²) in [6, 6.07) is 11.4. The summed E-state index contributed by atoms with van der Waals surface area (Å²) >= 11 is 6.06. The van der Waals surface area contributed by atoms with E-state index in [4.69, 9.17) is 25.6 Å². The molecule has 0 atom stereocenters. The van der Waals surface area contributed by atoms with Gasteiger partial charge >= 0.3 is 0 Å². The highest BCUT2D eigenvalue weighted by atomic mass is 35.5. The van der Waals surface area contributed by atoms with Crippen molar-refractivity contribution in [3.05, 3.63) is 53.3 Å². The molecule has 8 nitrogen and oxygen atoms in total. The predicted octanol–water partition coefficient (Wildman–Crippen LogP) is 3.13. The van der Waals surface area contributed by atoms with Crippen LogP contribution < -0.4 is 14.8 Å². The fourth-order valence-corrected chi connectivity index (χ4v) is 2.58. The van der Waals surface area contributed by atoms with E-state index in [1.165, 1.54) is 6.33 Å². The molecule has 0 aliphatic carbocycles. The molecule has 2 N–H and O–H groups in total. The van der Waals surface area contributed by atoms with Crippen LogP contribution in [0.25, 0.3) is 10.9 Å². The summed E-state index contributed by atoms with van der Waals surface area (Å²) in [5.41, 5.74) is 1.94. The van der Waals surface area contributed by atoms with Crippen LogP contribution in [0.3, 0.4) is 0 Å². The van der Waals surface area contributed by atoms with E-state index < -0.39 is 10.1 Å². The van der Waals surface area contributed by atoms with Crippen molar-refractivity contribution in [2.24, 2.45) is 0 Å². The normalized spacial score (nSPS) is 12.4. The minimum absolute atomic E-state index is 0.279. The molecule has 3 aromatic rings. The molecule has 1 aromatic heterocycles. The van der Waals surface area contributed by atoms with Crippen molar-refractivity contribution in [2.45, 2.75) is 6.54 Å². The molecule has 0 saturated carbocycles. The summed E-state index contributed by atoms with van der Waals surface area (Å²) in [5.74, 6) is 2.31. The van der Waals surface area contributed by atoms with Crippen molar-refractivity contribution in [1.29, 1.82) is 0 Å². The zero-order chi connectivity index (χ0) is 19.4. The van der Waals surface area contributed by atoms with Gasteiger partial charge in [-0.05, 0) is 35.9 Å². The lowest BCUT2D eigenvalue weighted by molar-refractivity contribution is 0.174. The SMILES string of the molecule is CS(=O)(=O)O.Clc1ccc2ncnc(NCc3ccc4c(c3)OCO4)c2c1. The molecule has 0 spiro atoms. The van der Waals surface area contributed by atoms with Crippen molar-refractivity contribution >= 4 is 38.4 Å². The molecule has 1 aliphatic rings. The standard InChI is InChI=1S/C16H12ClN3O2.CH4O3S/c17-11-2-3-13-12(6-11)16(20-8-19-13)18-7-10-1-4-14-15(5-10)22-9-21-14;1-5(2,3)4/h1-6,8H,7,9H2,(H,18,19,20);1H3,(H,2,3,4). The smallest absolute Gasteiger partial charge is 0.261 e. The van der Waals surface area contributed by atoms with Crippen LogP contribution in [0.2, 0.25) is 5.02 Å². The molecule has 27 heavy (non-hydrogen) atoms. The number of ether oxygens (including phenoxy) is 2. The summed E-state index contributed by atoms with van der Waals surface area (Å²) in [4.78, 5) is 8.54. The minimum atomic E-state index is -3.67. The second kappa shape index (κ2) is 7.95. The predicted molar refractivity (Wildman–Crippen MR) is 102 cm³/mol. The van der Waals surface area contributed by atoms with E-state index in [0.29, 0.717) is 17.8 Å². The van der Waals surface area contributed by atoms with E-state index in [2.05, 4.69) is 15.3 Å². The molecule has 142 valence electrons. The number of aromatic nitrogens is 2. The molecule has 0 bridgehead atoms. The third kappa shape index (κ3) is 5.43. The van der Waals surface area contributed by atoms with E-state index in [9.17, 15) is 8.42 Å². The zero-order valence-electron chi connectivity index (χ0n) is 14.2. The number of nitrogens with one attached hydrogen (secondary N) is 1. The van der Waals surface area contributed by atoms with Gasteiger partial charge in [0, 0.05) is 17.0 Å². The Bertz CT molecular complexity index is 1070. The Morgan fingerprint density at radius 3 is 2.67 bits per heavy atom. The van der Waals surface area contributed by atoms with E-state index >= 15 is 0 Å². The Morgan fingerprint density at radius 2 is 1.89 bits per heavy atom. The van der Waals surface area contributed by atoms with E-state index in [-0.39, 0.29) is 6.79 Å². The Labute approximate surface area is 160 Å². The molecule has 0 amide bonds. The molecular weight excluding hydrogens is 394 g/mol. The second-order valence-corrected chi connectivity index (χ2v) is 7.56. The van der Waals surface area contributed by atoms with Crippen molar-refractivity contribution in [3.63, 3.8) is 0 Å². The average molecular weight is 410 g/mol. The summed E-state index contributed by atoms with van der Waals surface area (Å²) in [6.45, 7) is 0.899. The van der Waals surface area contributed by atoms with Gasteiger partial charge in [-0.3, -0.25) is 4.55 Å². The summed E-state index contributed by atoms with van der Waals surface area (Å²) in [5, 5.41) is 4.88. The third-order valence-electron chi connectivity index (χ3n) is 3.49. The number of hydrogen-bond donors (Lipinski definition) is 2. The lowest BCUT2D eigenvalue weighted by Crippen LogP contribution is -2.02. The number of fused-ring (bicyclic) bond motifs is 2. The van der Waals surface area contributed by atoms with Crippen LogP contribution in [0.5, 0.6) is 11.5 Å². The van der Waals surface area contributed by atoms with Crippen molar-refractivity contribution in [2.75, 3.05) is 18.4 Å². The maximum atomic E-state index is 9.19. The molecule has 0 unspecified atom stereocenters. The van der Waals surface area contributed by atoms with Gasteiger partial charge in [-0.15, -0.1) is 0 Å². The lowest BCUT2D eigenvalue weighted by atomic mass is 10.2. The van der Waals surface area contributed by atoms with E-state index in [1.807, 2.05) is 36.4 Å². The van der Waals surface area contributed by atoms with E-state index in [0.717, 1.165) is 33.8 Å². The first-order valence-electron chi connectivity index (χ1n) is 7.75. The summed E-state index contributed by atoms with van der Waals surface area (Å²) in [7, 11) is -3.67. The summed E-state index contributed by atoms with van der Waals surface area (Å²) < 4.78 is 36.6. The molecule has 1 aliphatic heterocycles. The molecule has 10 heteroatoms. The number of nitrogens with zero attached hydrogens (tertiary/aromatic N) is 2. The first-order valence-corrected chi connectivity index (χ1v) is 9.97. The highest BCUT2D eigenvalue weighted by Gasteiger charge is 2.13. The van der Waals surface area contributed by atoms with Crippen molar-refractivity contribution < 1.29 is 22.4 Å². The Balaban J connectivity index is 0.000000376. The average Bonchev–Trinajstić information content (AvgIpc) is 3.06. The monoisotopic (exact) mass is 409 g/mol. The number of benzene rings is 2. The maximum Gasteiger partial charge on any atom is 0.261 e. The van der Waals surface area contributed by atoms with Crippen LogP contribution in [0.4, 0.5) is 5.82 Å². The van der Waals surface area contributed by atoms with Gasteiger partial charge < -0.3 is 14.8 Å². The fraction of sp³-hybridized carbons (Fsp3) is 0.176. The topological polar surface area (TPSA) is 111 Å².